The first-order valence-corrected chi connectivity index (χ1v) is 6.52. The zero-order chi connectivity index (χ0) is 14.0. The largest absolute Gasteiger partial charge is 0.412 e. The Morgan fingerprint density at radius 1 is 0.857 bits per heavy atom. The third kappa shape index (κ3) is 3.91. The number of hydrogen-bond donors (Lipinski definition) is 1. The van der Waals surface area contributed by atoms with E-state index in [0.29, 0.717) is 0 Å². The normalized spacial score (nSPS) is 9.29. The molecule has 0 saturated heterocycles. The zero-order valence-electron chi connectivity index (χ0n) is 13.2. The molecule has 112 valence electrons. The molecule has 21 heavy (non-hydrogen) atoms. The predicted molar refractivity (Wildman–Crippen MR) is 93.8 cm³/mol. The molecule has 0 spiro atoms. The second-order valence-corrected chi connectivity index (χ2v) is 5.12. The van der Waals surface area contributed by atoms with Gasteiger partial charge in [0.2, 0.25) is 0 Å². The summed E-state index contributed by atoms with van der Waals surface area (Å²) in [5.41, 5.74) is 8.23. The highest BCUT2D eigenvalue weighted by Crippen LogP contribution is 2.30. The molecule has 0 radical (unpaired) electrons. The first-order chi connectivity index (χ1) is 9.00. The summed E-state index contributed by atoms with van der Waals surface area (Å²) in [6, 6.07) is 14.8. The molecular formula is C19H25NO. The number of rotatable bonds is 3. The monoisotopic (exact) mass is 283 g/mol. The van der Waals surface area contributed by atoms with Crippen LogP contribution in [0.15, 0.2) is 55.6 Å². The molecule has 0 saturated carbocycles. The molecule has 2 heteroatoms. The van der Waals surface area contributed by atoms with Gasteiger partial charge in [-0.2, -0.15) is 0 Å². The summed E-state index contributed by atoms with van der Waals surface area (Å²) < 4.78 is 0. The van der Waals surface area contributed by atoms with E-state index >= 15 is 0 Å². The predicted octanol–water partition coefficient (Wildman–Crippen LogP) is 4.74. The van der Waals surface area contributed by atoms with Crippen LogP contribution in [0.5, 0.6) is 0 Å². The highest BCUT2D eigenvalue weighted by Gasteiger charge is 2.10. The average molecular weight is 283 g/mol. The van der Waals surface area contributed by atoms with Gasteiger partial charge < -0.3 is 11.6 Å². The number of aryl methyl sites for hydroxylation is 2. The highest BCUT2D eigenvalue weighted by molar-refractivity contribution is 5.86. The summed E-state index contributed by atoms with van der Waals surface area (Å²) in [7, 11) is 0. The Labute approximate surface area is 127 Å². The van der Waals surface area contributed by atoms with Crippen LogP contribution in [0.4, 0.5) is 0 Å². The average Bonchev–Trinajstić information content (AvgIpc) is 2.38. The van der Waals surface area contributed by atoms with Crippen molar-refractivity contribution < 1.29 is 5.48 Å². The van der Waals surface area contributed by atoms with Gasteiger partial charge in [-0.25, -0.2) is 0 Å². The molecule has 0 aliphatic heterocycles. The second kappa shape index (κ2) is 7.58. The lowest BCUT2D eigenvalue weighted by atomic mass is 9.90. The Kier molecular flexibility index (Phi) is 6.80. The van der Waals surface area contributed by atoms with Gasteiger partial charge in [0.15, 0.2) is 0 Å². The van der Waals surface area contributed by atoms with Crippen molar-refractivity contribution in [2.45, 2.75) is 20.8 Å². The van der Waals surface area contributed by atoms with Crippen molar-refractivity contribution in [1.82, 2.24) is 6.15 Å². The van der Waals surface area contributed by atoms with Crippen LogP contribution in [0.25, 0.3) is 11.1 Å². The fourth-order valence-corrected chi connectivity index (χ4v) is 2.42. The molecule has 2 rings (SSSR count). The molecule has 0 aliphatic carbocycles. The van der Waals surface area contributed by atoms with Crippen molar-refractivity contribution in [1.29, 1.82) is 0 Å². The van der Waals surface area contributed by atoms with Crippen LogP contribution in [-0.4, -0.2) is 5.48 Å². The lowest BCUT2D eigenvalue weighted by Crippen LogP contribution is -1.94. The van der Waals surface area contributed by atoms with E-state index in [1.54, 1.807) is 0 Å². The van der Waals surface area contributed by atoms with Gasteiger partial charge in [0, 0.05) is 0 Å². The minimum Gasteiger partial charge on any atom is -0.412 e. The fourth-order valence-electron chi connectivity index (χ4n) is 2.42. The molecule has 2 aromatic carbocycles. The standard InChI is InChI=1S/C19H20.H3N.H2O/c1-13(2)17-8-6-7-9-19(17)16(5)18-11-10-14(3)12-15(18)4;;/h6-12H,1,5H2,2-4H3;1H3;1H2. The molecule has 0 aliphatic rings. The van der Waals surface area contributed by atoms with E-state index < -0.39 is 0 Å². The van der Waals surface area contributed by atoms with Crippen LogP contribution in [0, 0.1) is 13.8 Å². The first kappa shape index (κ1) is 18.8. The van der Waals surface area contributed by atoms with Gasteiger partial charge in [0.25, 0.3) is 0 Å². The van der Waals surface area contributed by atoms with Crippen molar-refractivity contribution in [3.05, 3.63) is 83.4 Å². The highest BCUT2D eigenvalue weighted by atomic mass is 16.0. The quantitative estimate of drug-likeness (QED) is 0.869. The Morgan fingerprint density at radius 3 is 1.95 bits per heavy atom. The Hall–Kier alpha value is -2.16. The minimum absolute atomic E-state index is 0. The molecule has 0 aromatic heterocycles. The zero-order valence-corrected chi connectivity index (χ0v) is 13.2. The van der Waals surface area contributed by atoms with Crippen LogP contribution < -0.4 is 6.15 Å². The molecule has 2 nitrogen and oxygen atoms in total. The second-order valence-electron chi connectivity index (χ2n) is 5.12. The Morgan fingerprint density at radius 2 is 1.43 bits per heavy atom. The molecule has 0 fully saturated rings. The number of benzene rings is 2. The fraction of sp³-hybridized carbons (Fsp3) is 0.158. The van der Waals surface area contributed by atoms with Gasteiger partial charge in [-0.05, 0) is 48.6 Å². The maximum atomic E-state index is 4.29. The molecule has 0 amide bonds. The van der Waals surface area contributed by atoms with E-state index in [-0.39, 0.29) is 11.6 Å². The maximum absolute atomic E-state index is 4.29. The number of hydrogen-bond acceptors (Lipinski definition) is 1. The van der Waals surface area contributed by atoms with Crippen molar-refractivity contribution in [2.24, 2.45) is 0 Å². The molecule has 2 aromatic rings. The number of allylic oxidation sites excluding steroid dienone is 1. The summed E-state index contributed by atoms with van der Waals surface area (Å²) in [5.74, 6) is 0. The molecule has 0 atom stereocenters. The lowest BCUT2D eigenvalue weighted by molar-refractivity contribution is 0.824. The van der Waals surface area contributed by atoms with E-state index in [0.717, 1.165) is 11.1 Å². The smallest absolute Gasteiger partial charge is 0.0109 e. The van der Waals surface area contributed by atoms with Gasteiger partial charge in [0.05, 0.1) is 0 Å². The molecule has 5 N–H and O–H groups in total. The van der Waals surface area contributed by atoms with E-state index in [4.69, 9.17) is 0 Å². The molecule has 0 heterocycles. The third-order valence-electron chi connectivity index (χ3n) is 3.42. The van der Waals surface area contributed by atoms with E-state index in [9.17, 15) is 0 Å². The lowest BCUT2D eigenvalue weighted by Gasteiger charge is -2.14. The molecule has 0 unspecified atom stereocenters. The van der Waals surface area contributed by atoms with Gasteiger partial charge in [0.1, 0.15) is 0 Å². The topological polar surface area (TPSA) is 66.5 Å². The van der Waals surface area contributed by atoms with Crippen molar-refractivity contribution in [3.8, 4) is 0 Å². The van der Waals surface area contributed by atoms with E-state index in [1.165, 1.54) is 27.8 Å². The summed E-state index contributed by atoms with van der Waals surface area (Å²) >= 11 is 0. The van der Waals surface area contributed by atoms with Crippen LogP contribution in [-0.2, 0) is 0 Å². The summed E-state index contributed by atoms with van der Waals surface area (Å²) in [6.07, 6.45) is 0. The Balaban J connectivity index is 0.00000200. The van der Waals surface area contributed by atoms with Crippen molar-refractivity contribution in [3.63, 3.8) is 0 Å². The first-order valence-electron chi connectivity index (χ1n) is 6.52. The van der Waals surface area contributed by atoms with E-state index in [2.05, 4.69) is 63.4 Å². The van der Waals surface area contributed by atoms with Crippen LogP contribution in [0.2, 0.25) is 0 Å². The van der Waals surface area contributed by atoms with Gasteiger partial charge in [-0.1, -0.05) is 66.8 Å². The van der Waals surface area contributed by atoms with Gasteiger partial charge >= 0.3 is 0 Å². The van der Waals surface area contributed by atoms with Gasteiger partial charge in [-0.3, -0.25) is 0 Å². The SMILES string of the molecule is C=C(C)c1ccccc1C(=C)c1ccc(C)cc1C.N.O. The van der Waals surface area contributed by atoms with Crippen LogP contribution >= 0.6 is 0 Å². The third-order valence-corrected chi connectivity index (χ3v) is 3.42. The van der Waals surface area contributed by atoms with Crippen molar-refractivity contribution in [2.75, 3.05) is 0 Å². The summed E-state index contributed by atoms with van der Waals surface area (Å²) in [6.45, 7) is 14.6. The summed E-state index contributed by atoms with van der Waals surface area (Å²) in [5, 5.41) is 0. The molecular weight excluding hydrogens is 258 g/mol. The van der Waals surface area contributed by atoms with Crippen LogP contribution in [0.1, 0.15) is 34.7 Å². The molecule has 0 bridgehead atoms. The summed E-state index contributed by atoms with van der Waals surface area (Å²) in [4.78, 5) is 0. The maximum Gasteiger partial charge on any atom is -0.0109 e. The van der Waals surface area contributed by atoms with E-state index in [1.807, 2.05) is 13.0 Å². The van der Waals surface area contributed by atoms with Crippen molar-refractivity contribution >= 4 is 11.1 Å². The minimum atomic E-state index is 0. The Bertz CT molecular complexity index is 656. The van der Waals surface area contributed by atoms with Crippen LogP contribution in [0.3, 0.4) is 0 Å². The van der Waals surface area contributed by atoms with Gasteiger partial charge in [-0.15, -0.1) is 0 Å².